The third-order valence-corrected chi connectivity index (χ3v) is 5.39. The Morgan fingerprint density at radius 1 is 1.22 bits per heavy atom. The van der Waals surface area contributed by atoms with E-state index in [1.165, 1.54) is 7.11 Å². The molecule has 32 heavy (non-hydrogen) atoms. The summed E-state index contributed by atoms with van der Waals surface area (Å²) in [5.74, 6) is 0.394. The summed E-state index contributed by atoms with van der Waals surface area (Å²) in [4.78, 5) is 37.3. The first-order valence-electron chi connectivity index (χ1n) is 10.8. The van der Waals surface area contributed by atoms with Crippen LogP contribution in [0.3, 0.4) is 0 Å². The number of fused-ring (bicyclic) bond motifs is 1. The van der Waals surface area contributed by atoms with E-state index in [1.54, 1.807) is 27.9 Å². The zero-order chi connectivity index (χ0) is 23.1. The fraction of sp³-hybridized carbons (Fsp3) is 0.417. The van der Waals surface area contributed by atoms with Crippen molar-refractivity contribution in [1.29, 1.82) is 0 Å². The van der Waals surface area contributed by atoms with Gasteiger partial charge in [-0.2, -0.15) is 0 Å². The molecule has 1 aromatic carbocycles. The van der Waals surface area contributed by atoms with Crippen molar-refractivity contribution >= 4 is 16.8 Å². The Labute approximate surface area is 188 Å². The summed E-state index contributed by atoms with van der Waals surface area (Å²) in [6.07, 6.45) is 3.80. The number of hydrogen-bond acceptors (Lipinski definition) is 6. The van der Waals surface area contributed by atoms with Crippen LogP contribution in [0.5, 0.6) is 0 Å². The minimum Gasteiger partial charge on any atom is -0.375 e. The van der Waals surface area contributed by atoms with Gasteiger partial charge in [0.25, 0.3) is 5.56 Å². The highest BCUT2D eigenvalue weighted by Gasteiger charge is 2.32. The minimum atomic E-state index is -0.418. The highest BCUT2D eigenvalue weighted by molar-refractivity contribution is 5.78. The van der Waals surface area contributed by atoms with Crippen molar-refractivity contribution in [3.8, 4) is 0 Å². The van der Waals surface area contributed by atoms with E-state index < -0.39 is 6.04 Å². The van der Waals surface area contributed by atoms with Gasteiger partial charge < -0.3 is 15.4 Å². The van der Waals surface area contributed by atoms with Gasteiger partial charge in [0.2, 0.25) is 5.91 Å². The molecule has 1 atom stereocenters. The molecule has 0 aliphatic carbocycles. The number of rotatable bonds is 10. The number of nitrogens with two attached hydrogens (primary N) is 1. The number of pyridine rings is 1. The maximum atomic E-state index is 13.5. The van der Waals surface area contributed by atoms with Gasteiger partial charge in [-0.25, -0.2) is 4.98 Å². The van der Waals surface area contributed by atoms with Gasteiger partial charge in [0, 0.05) is 26.0 Å². The second kappa shape index (κ2) is 11.0. The zero-order valence-electron chi connectivity index (χ0n) is 18.9. The lowest BCUT2D eigenvalue weighted by Crippen LogP contribution is -2.43. The molecule has 2 N–H and O–H groups in total. The Morgan fingerprint density at radius 3 is 2.62 bits per heavy atom. The van der Waals surface area contributed by atoms with E-state index in [1.807, 2.05) is 44.2 Å². The number of carbonyl (C=O) groups is 1. The van der Waals surface area contributed by atoms with E-state index in [0.29, 0.717) is 42.8 Å². The second-order valence-electron chi connectivity index (χ2n) is 8.09. The predicted octanol–water partition coefficient (Wildman–Crippen LogP) is 2.36. The molecule has 3 rings (SSSR count). The highest BCUT2D eigenvalue weighted by atomic mass is 16.5. The molecule has 1 unspecified atom stereocenters. The zero-order valence-corrected chi connectivity index (χ0v) is 18.9. The average Bonchev–Trinajstić information content (AvgIpc) is 2.79. The van der Waals surface area contributed by atoms with Crippen LogP contribution in [0.2, 0.25) is 0 Å². The molecule has 0 radical (unpaired) electrons. The second-order valence-corrected chi connectivity index (χ2v) is 8.09. The molecule has 0 fully saturated rings. The molecule has 0 saturated carbocycles. The molecule has 0 saturated heterocycles. The van der Waals surface area contributed by atoms with Gasteiger partial charge in [0.1, 0.15) is 12.4 Å². The van der Waals surface area contributed by atoms with Crippen molar-refractivity contribution in [3.05, 3.63) is 70.5 Å². The van der Waals surface area contributed by atoms with Gasteiger partial charge in [0.05, 0.1) is 23.5 Å². The number of methoxy groups -OCH3 is 1. The van der Waals surface area contributed by atoms with Gasteiger partial charge >= 0.3 is 0 Å². The van der Waals surface area contributed by atoms with E-state index >= 15 is 0 Å². The van der Waals surface area contributed by atoms with Crippen molar-refractivity contribution in [1.82, 2.24) is 19.4 Å². The largest absolute Gasteiger partial charge is 0.375 e. The van der Waals surface area contributed by atoms with Crippen LogP contribution in [0.1, 0.15) is 37.7 Å². The average molecular weight is 438 g/mol. The molecule has 8 heteroatoms. The van der Waals surface area contributed by atoms with Crippen molar-refractivity contribution in [2.24, 2.45) is 11.7 Å². The van der Waals surface area contributed by atoms with Crippen LogP contribution >= 0.6 is 0 Å². The SMILES string of the molecule is COCC(=O)N(CCCN)C(c1nc2ccncc2c(=O)n1Cc1ccccc1)C(C)C. The number of aromatic nitrogens is 3. The predicted molar refractivity (Wildman–Crippen MR) is 124 cm³/mol. The number of hydrogen-bond donors (Lipinski definition) is 1. The lowest BCUT2D eigenvalue weighted by molar-refractivity contribution is -0.139. The first-order valence-corrected chi connectivity index (χ1v) is 10.8. The van der Waals surface area contributed by atoms with E-state index in [2.05, 4.69) is 4.98 Å². The maximum absolute atomic E-state index is 13.5. The van der Waals surface area contributed by atoms with E-state index in [0.717, 1.165) is 5.56 Å². The van der Waals surface area contributed by atoms with Crippen molar-refractivity contribution in [2.75, 3.05) is 26.8 Å². The molecular formula is C24H31N5O3. The molecule has 2 heterocycles. The lowest BCUT2D eigenvalue weighted by atomic mass is 10.00. The molecule has 3 aromatic rings. The number of benzene rings is 1. The molecule has 8 nitrogen and oxygen atoms in total. The standard InChI is InChI=1S/C24H31N5O3/c1-17(2)22(28(13-7-11-25)21(30)16-32-3)23-27-20-10-12-26-14-19(20)24(31)29(23)15-18-8-5-4-6-9-18/h4-6,8-10,12,14,17,22H,7,11,13,15-16,25H2,1-3H3. The van der Waals surface area contributed by atoms with E-state index in [-0.39, 0.29) is 24.0 Å². The van der Waals surface area contributed by atoms with Crippen molar-refractivity contribution < 1.29 is 9.53 Å². The summed E-state index contributed by atoms with van der Waals surface area (Å²) in [6.45, 7) is 5.26. The normalized spacial score (nSPS) is 12.3. The molecule has 2 aromatic heterocycles. The number of nitrogens with zero attached hydrogens (tertiary/aromatic N) is 4. The quantitative estimate of drug-likeness (QED) is 0.522. The van der Waals surface area contributed by atoms with Crippen LogP contribution < -0.4 is 11.3 Å². The van der Waals surface area contributed by atoms with Gasteiger partial charge in [0.15, 0.2) is 0 Å². The lowest BCUT2D eigenvalue weighted by Gasteiger charge is -2.35. The van der Waals surface area contributed by atoms with Gasteiger partial charge in [-0.3, -0.25) is 19.1 Å². The molecule has 1 amide bonds. The minimum absolute atomic E-state index is 0.00166. The van der Waals surface area contributed by atoms with Gasteiger partial charge in [-0.15, -0.1) is 0 Å². The molecule has 170 valence electrons. The summed E-state index contributed by atoms with van der Waals surface area (Å²) in [5.41, 5.74) is 7.11. The van der Waals surface area contributed by atoms with Crippen LogP contribution in [0.25, 0.3) is 10.9 Å². The first-order chi connectivity index (χ1) is 15.5. The highest BCUT2D eigenvalue weighted by Crippen LogP contribution is 2.29. The number of ether oxygens (including phenoxy) is 1. The summed E-state index contributed by atoms with van der Waals surface area (Å²) < 4.78 is 6.80. The van der Waals surface area contributed by atoms with Gasteiger partial charge in [-0.05, 0) is 30.5 Å². The third kappa shape index (κ3) is 5.20. The monoisotopic (exact) mass is 437 g/mol. The third-order valence-electron chi connectivity index (χ3n) is 5.39. The Balaban J connectivity index is 2.22. The molecule has 0 aliphatic rings. The summed E-state index contributed by atoms with van der Waals surface area (Å²) in [6, 6.07) is 11.1. The van der Waals surface area contributed by atoms with Crippen LogP contribution in [0.15, 0.2) is 53.6 Å². The topological polar surface area (TPSA) is 103 Å². The summed E-state index contributed by atoms with van der Waals surface area (Å²) in [7, 11) is 1.50. The maximum Gasteiger partial charge on any atom is 0.263 e. The van der Waals surface area contributed by atoms with E-state index in [4.69, 9.17) is 15.5 Å². The smallest absolute Gasteiger partial charge is 0.263 e. The summed E-state index contributed by atoms with van der Waals surface area (Å²) in [5, 5.41) is 0.450. The van der Waals surface area contributed by atoms with Crippen molar-refractivity contribution in [3.63, 3.8) is 0 Å². The Morgan fingerprint density at radius 2 is 1.97 bits per heavy atom. The Kier molecular flexibility index (Phi) is 8.08. The fourth-order valence-electron chi connectivity index (χ4n) is 3.91. The number of amides is 1. The Hall–Kier alpha value is -3.10. The van der Waals surface area contributed by atoms with Crippen LogP contribution in [-0.2, 0) is 16.1 Å². The van der Waals surface area contributed by atoms with Gasteiger partial charge in [-0.1, -0.05) is 44.2 Å². The summed E-state index contributed by atoms with van der Waals surface area (Å²) >= 11 is 0. The van der Waals surface area contributed by atoms with E-state index in [9.17, 15) is 9.59 Å². The van der Waals surface area contributed by atoms with Crippen LogP contribution in [0, 0.1) is 5.92 Å². The Bertz CT molecular complexity index is 1100. The first kappa shape index (κ1) is 23.6. The van der Waals surface area contributed by atoms with Crippen molar-refractivity contribution in [2.45, 2.75) is 32.9 Å². The van der Waals surface area contributed by atoms with Crippen LogP contribution in [-0.4, -0.2) is 52.1 Å². The van der Waals surface area contributed by atoms with Crippen LogP contribution in [0.4, 0.5) is 0 Å². The fourth-order valence-corrected chi connectivity index (χ4v) is 3.91. The molecule has 0 aliphatic heterocycles. The number of carbonyl (C=O) groups excluding carboxylic acids is 1. The molecular weight excluding hydrogens is 406 g/mol. The molecule has 0 bridgehead atoms. The molecule has 0 spiro atoms.